The van der Waals surface area contributed by atoms with E-state index in [2.05, 4.69) is 109 Å². The maximum absolute atomic E-state index is 3.75. The van der Waals surface area contributed by atoms with Crippen molar-refractivity contribution < 1.29 is 4.58 Å². The van der Waals surface area contributed by atoms with Crippen LogP contribution >= 0.6 is 0 Å². The van der Waals surface area contributed by atoms with Crippen LogP contribution in [0.25, 0.3) is 0 Å². The molecule has 0 aliphatic carbocycles. The SMILES string of the molecule is Cc1ccc([N+]2=Cc3ccccc3N[C@@H]2[C@@H](C)c2ccccc2)cc1. The van der Waals surface area contributed by atoms with Crippen LogP contribution in [-0.4, -0.2) is 17.0 Å². The molecule has 124 valence electrons. The highest BCUT2D eigenvalue weighted by atomic mass is 15.2. The topological polar surface area (TPSA) is 15.0 Å². The van der Waals surface area contributed by atoms with Crippen LogP contribution in [0.5, 0.6) is 0 Å². The Hall–Kier alpha value is -2.87. The molecule has 2 heteroatoms. The Balaban J connectivity index is 1.80. The van der Waals surface area contributed by atoms with Crippen LogP contribution in [0.1, 0.15) is 29.5 Å². The molecule has 1 heterocycles. The maximum Gasteiger partial charge on any atom is 0.238 e. The van der Waals surface area contributed by atoms with Crippen molar-refractivity contribution in [2.75, 3.05) is 5.32 Å². The van der Waals surface area contributed by atoms with Crippen LogP contribution in [0.4, 0.5) is 11.4 Å². The Labute approximate surface area is 149 Å². The number of aryl methyl sites for hydroxylation is 1. The molecule has 1 aliphatic rings. The molecule has 0 saturated carbocycles. The summed E-state index contributed by atoms with van der Waals surface area (Å²) in [6, 6.07) is 28.0. The van der Waals surface area contributed by atoms with Crippen molar-refractivity contribution in [3.05, 3.63) is 95.6 Å². The molecule has 0 amide bonds. The highest BCUT2D eigenvalue weighted by Gasteiger charge is 2.34. The highest BCUT2D eigenvalue weighted by Crippen LogP contribution is 2.31. The standard InChI is InChI=1S/C23H22N2/c1-17-12-14-21(15-13-17)25-16-20-10-6-7-11-22(20)24-23(25)18(2)19-8-4-3-5-9-19/h3-16,18,23H,1-2H3/p+1/t18-,23-/m0/s1. The van der Waals surface area contributed by atoms with E-state index < -0.39 is 0 Å². The second-order valence-corrected chi connectivity index (χ2v) is 6.75. The van der Waals surface area contributed by atoms with Gasteiger partial charge in [-0.15, -0.1) is 0 Å². The van der Waals surface area contributed by atoms with E-state index in [-0.39, 0.29) is 6.17 Å². The van der Waals surface area contributed by atoms with Gasteiger partial charge in [-0.1, -0.05) is 60.2 Å². The van der Waals surface area contributed by atoms with E-state index in [1.807, 2.05) is 0 Å². The van der Waals surface area contributed by atoms with Gasteiger partial charge in [-0.05, 0) is 31.5 Å². The van der Waals surface area contributed by atoms with E-state index in [4.69, 9.17) is 0 Å². The fourth-order valence-electron chi connectivity index (χ4n) is 3.46. The van der Waals surface area contributed by atoms with Gasteiger partial charge in [0.2, 0.25) is 11.9 Å². The molecule has 4 rings (SSSR count). The summed E-state index contributed by atoms with van der Waals surface area (Å²) in [6.07, 6.45) is 2.43. The number of hydrogen-bond acceptors (Lipinski definition) is 1. The number of nitrogens with zero attached hydrogens (tertiary/aromatic N) is 1. The van der Waals surface area contributed by atoms with Gasteiger partial charge in [0.15, 0.2) is 6.21 Å². The largest absolute Gasteiger partial charge is 0.327 e. The van der Waals surface area contributed by atoms with Crippen LogP contribution in [0.15, 0.2) is 78.9 Å². The minimum absolute atomic E-state index is 0.167. The number of benzene rings is 3. The maximum atomic E-state index is 3.75. The van der Waals surface area contributed by atoms with Crippen molar-refractivity contribution in [1.82, 2.24) is 0 Å². The zero-order valence-electron chi connectivity index (χ0n) is 14.7. The van der Waals surface area contributed by atoms with Crippen molar-refractivity contribution in [2.45, 2.75) is 25.9 Å². The molecule has 1 N–H and O–H groups in total. The molecule has 3 aromatic carbocycles. The zero-order valence-corrected chi connectivity index (χ0v) is 14.7. The van der Waals surface area contributed by atoms with E-state index in [9.17, 15) is 0 Å². The van der Waals surface area contributed by atoms with E-state index >= 15 is 0 Å². The molecule has 0 saturated heterocycles. The van der Waals surface area contributed by atoms with Gasteiger partial charge < -0.3 is 5.32 Å². The quantitative estimate of drug-likeness (QED) is 0.644. The summed E-state index contributed by atoms with van der Waals surface area (Å²) >= 11 is 0. The molecule has 2 nitrogen and oxygen atoms in total. The molecule has 0 fully saturated rings. The summed E-state index contributed by atoms with van der Waals surface area (Å²) in [5, 5.41) is 3.75. The first-order valence-corrected chi connectivity index (χ1v) is 8.83. The molecule has 0 unspecified atom stereocenters. The van der Waals surface area contributed by atoms with Gasteiger partial charge >= 0.3 is 0 Å². The minimum Gasteiger partial charge on any atom is -0.327 e. The first kappa shape index (κ1) is 15.6. The van der Waals surface area contributed by atoms with Gasteiger partial charge in [0, 0.05) is 12.1 Å². The number of hydrogen-bond donors (Lipinski definition) is 1. The number of nitrogens with one attached hydrogen (secondary N) is 1. The zero-order chi connectivity index (χ0) is 17.2. The third-order valence-electron chi connectivity index (χ3n) is 4.97. The lowest BCUT2D eigenvalue weighted by Crippen LogP contribution is -2.39. The monoisotopic (exact) mass is 327 g/mol. The smallest absolute Gasteiger partial charge is 0.238 e. The number of fused-ring (bicyclic) bond motifs is 1. The van der Waals surface area contributed by atoms with E-state index in [1.54, 1.807) is 0 Å². The highest BCUT2D eigenvalue weighted by molar-refractivity contribution is 5.86. The third-order valence-corrected chi connectivity index (χ3v) is 4.97. The first-order chi connectivity index (χ1) is 12.2. The third kappa shape index (κ3) is 3.08. The second kappa shape index (κ2) is 6.56. The fraction of sp³-hybridized carbons (Fsp3) is 0.174. The molecule has 1 aliphatic heterocycles. The predicted molar refractivity (Wildman–Crippen MR) is 105 cm³/mol. The lowest BCUT2D eigenvalue weighted by Gasteiger charge is -2.28. The molecular formula is C23H23N2+. The summed E-state index contributed by atoms with van der Waals surface area (Å²) in [5.41, 5.74) is 6.24. The summed E-state index contributed by atoms with van der Waals surface area (Å²) < 4.78 is 2.36. The molecule has 2 atom stereocenters. The number of anilines is 1. The van der Waals surface area contributed by atoms with Crippen LogP contribution in [-0.2, 0) is 0 Å². The van der Waals surface area contributed by atoms with Gasteiger partial charge in [0.25, 0.3) is 0 Å². The molecule has 0 spiro atoms. The average molecular weight is 327 g/mol. The van der Waals surface area contributed by atoms with Crippen molar-refractivity contribution >= 4 is 17.6 Å². The Morgan fingerprint density at radius 1 is 0.840 bits per heavy atom. The second-order valence-electron chi connectivity index (χ2n) is 6.75. The average Bonchev–Trinajstić information content (AvgIpc) is 2.68. The predicted octanol–water partition coefficient (Wildman–Crippen LogP) is 5.31. The van der Waals surface area contributed by atoms with Crippen molar-refractivity contribution in [3.8, 4) is 0 Å². The lowest BCUT2D eigenvalue weighted by atomic mass is 9.95. The Bertz CT molecular complexity index is 895. The van der Waals surface area contributed by atoms with Crippen LogP contribution < -0.4 is 5.32 Å². The minimum atomic E-state index is 0.167. The fourth-order valence-corrected chi connectivity index (χ4v) is 3.46. The lowest BCUT2D eigenvalue weighted by molar-refractivity contribution is -0.477. The van der Waals surface area contributed by atoms with Crippen molar-refractivity contribution in [2.24, 2.45) is 0 Å². The van der Waals surface area contributed by atoms with E-state index in [1.165, 1.54) is 28.1 Å². The number of rotatable bonds is 3. The van der Waals surface area contributed by atoms with Gasteiger partial charge in [-0.2, -0.15) is 4.58 Å². The summed E-state index contributed by atoms with van der Waals surface area (Å²) in [4.78, 5) is 0. The summed E-state index contributed by atoms with van der Waals surface area (Å²) in [7, 11) is 0. The van der Waals surface area contributed by atoms with Crippen LogP contribution in [0, 0.1) is 6.92 Å². The van der Waals surface area contributed by atoms with Gasteiger partial charge in [0.05, 0.1) is 17.2 Å². The molecular weight excluding hydrogens is 304 g/mol. The molecule has 25 heavy (non-hydrogen) atoms. The van der Waals surface area contributed by atoms with Crippen molar-refractivity contribution in [3.63, 3.8) is 0 Å². The Morgan fingerprint density at radius 2 is 1.52 bits per heavy atom. The van der Waals surface area contributed by atoms with E-state index in [0.717, 1.165) is 0 Å². The normalized spacial score (nSPS) is 17.2. The molecule has 3 aromatic rings. The molecule has 0 aromatic heterocycles. The molecule has 0 bridgehead atoms. The van der Waals surface area contributed by atoms with Crippen LogP contribution in [0.3, 0.4) is 0 Å². The first-order valence-electron chi connectivity index (χ1n) is 8.83. The van der Waals surface area contributed by atoms with Crippen LogP contribution in [0.2, 0.25) is 0 Å². The number of para-hydroxylation sites is 1. The molecule has 0 radical (unpaired) electrons. The summed E-state index contributed by atoms with van der Waals surface area (Å²) in [6.45, 7) is 4.41. The Kier molecular flexibility index (Phi) is 4.10. The van der Waals surface area contributed by atoms with E-state index in [0.29, 0.717) is 5.92 Å². The Morgan fingerprint density at radius 3 is 2.28 bits per heavy atom. The summed E-state index contributed by atoms with van der Waals surface area (Å²) in [5.74, 6) is 0.340. The van der Waals surface area contributed by atoms with Gasteiger partial charge in [-0.25, -0.2) is 0 Å². The van der Waals surface area contributed by atoms with Gasteiger partial charge in [-0.3, -0.25) is 0 Å². The van der Waals surface area contributed by atoms with Gasteiger partial charge in [0.1, 0.15) is 0 Å². The van der Waals surface area contributed by atoms with Crippen molar-refractivity contribution in [1.29, 1.82) is 0 Å².